The number of nitrogens with two attached hydrogens (primary N) is 1. The molecule has 0 unspecified atom stereocenters. The first-order chi connectivity index (χ1) is 14.5. The summed E-state index contributed by atoms with van der Waals surface area (Å²) in [6.45, 7) is 0.0462. The molecule has 4 nitrogen and oxygen atoms in total. The molecule has 0 fully saturated rings. The zero-order valence-corrected chi connectivity index (χ0v) is 16.6. The van der Waals surface area contributed by atoms with Gasteiger partial charge in [0.05, 0.1) is 6.21 Å². The first kappa shape index (κ1) is 21.4. The smallest absolute Gasteiger partial charge is 0.194 e. The Kier molecular flexibility index (Phi) is 7.51. The lowest BCUT2D eigenvalue weighted by Gasteiger charge is -2.07. The normalized spacial score (nSPS) is 11.8. The Morgan fingerprint density at radius 2 is 1.63 bits per heavy atom. The molecule has 0 heterocycles. The van der Waals surface area contributed by atoms with Crippen LogP contribution < -0.4 is 10.5 Å². The van der Waals surface area contributed by atoms with E-state index in [0.29, 0.717) is 10.9 Å². The lowest BCUT2D eigenvalue weighted by Crippen LogP contribution is -2.06. The molecule has 0 aromatic heterocycles. The summed E-state index contributed by atoms with van der Waals surface area (Å²) in [6.07, 6.45) is 1.54. The second-order valence-electron chi connectivity index (χ2n) is 6.19. The first-order valence-corrected chi connectivity index (χ1v) is 9.89. The molecule has 154 valence electrons. The lowest BCUT2D eigenvalue weighted by molar-refractivity contribution is 0.299. The Morgan fingerprint density at radius 3 is 2.37 bits per heavy atom. The summed E-state index contributed by atoms with van der Waals surface area (Å²) in [5.74, 6) is -3.53. The lowest BCUT2D eigenvalue weighted by atomic mass is 10.1. The highest BCUT2D eigenvalue weighted by atomic mass is 32.2. The highest BCUT2D eigenvalue weighted by molar-refractivity contribution is 8.13. The minimum Gasteiger partial charge on any atom is -0.489 e. The van der Waals surface area contributed by atoms with Crippen molar-refractivity contribution >= 4 is 23.1 Å². The fraction of sp³-hybridized carbons (Fsp3) is 0.0909. The summed E-state index contributed by atoms with van der Waals surface area (Å²) in [5, 5.41) is 8.29. The number of benzene rings is 3. The van der Waals surface area contributed by atoms with Gasteiger partial charge in [-0.15, -0.1) is 5.10 Å². The summed E-state index contributed by atoms with van der Waals surface area (Å²) in [5.41, 5.74) is 8.47. The van der Waals surface area contributed by atoms with Crippen molar-refractivity contribution in [2.75, 3.05) is 0 Å². The van der Waals surface area contributed by atoms with E-state index in [1.807, 2.05) is 36.4 Å². The fourth-order valence-corrected chi connectivity index (χ4v) is 3.07. The van der Waals surface area contributed by atoms with Gasteiger partial charge in [-0.25, -0.2) is 13.2 Å². The van der Waals surface area contributed by atoms with Crippen LogP contribution in [0.25, 0.3) is 0 Å². The van der Waals surface area contributed by atoms with Crippen LogP contribution in [0.2, 0.25) is 0 Å². The second-order valence-corrected chi connectivity index (χ2v) is 7.19. The molecule has 0 amide bonds. The molecular weight excluding hydrogens is 411 g/mol. The third-order valence-corrected chi connectivity index (χ3v) is 4.76. The van der Waals surface area contributed by atoms with Gasteiger partial charge in [0.25, 0.3) is 0 Å². The molecular formula is C22H18F3N3OS. The monoisotopic (exact) mass is 429 g/mol. The fourth-order valence-electron chi connectivity index (χ4n) is 2.46. The maximum atomic E-state index is 13.2. The van der Waals surface area contributed by atoms with E-state index in [1.54, 1.807) is 18.2 Å². The molecule has 30 heavy (non-hydrogen) atoms. The number of thioether (sulfide) groups is 1. The Bertz CT molecular complexity index is 1040. The van der Waals surface area contributed by atoms with Crippen LogP contribution in [0.1, 0.15) is 16.7 Å². The summed E-state index contributed by atoms with van der Waals surface area (Å²) in [4.78, 5) is 0. The van der Waals surface area contributed by atoms with E-state index < -0.39 is 17.5 Å². The molecule has 0 aliphatic rings. The molecule has 0 radical (unpaired) electrons. The van der Waals surface area contributed by atoms with Crippen LogP contribution in [0, 0.1) is 17.5 Å². The van der Waals surface area contributed by atoms with Gasteiger partial charge in [0.1, 0.15) is 12.4 Å². The Balaban J connectivity index is 1.55. The molecule has 3 aromatic carbocycles. The van der Waals surface area contributed by atoms with Crippen molar-refractivity contribution in [3.05, 3.63) is 101 Å². The number of amidine groups is 1. The zero-order valence-electron chi connectivity index (χ0n) is 15.8. The predicted octanol–water partition coefficient (Wildman–Crippen LogP) is 5.26. The molecule has 0 saturated heterocycles. The van der Waals surface area contributed by atoms with E-state index in [9.17, 15) is 13.2 Å². The number of hydrogen-bond acceptors (Lipinski definition) is 4. The van der Waals surface area contributed by atoms with Crippen molar-refractivity contribution < 1.29 is 17.9 Å². The van der Waals surface area contributed by atoms with Crippen LogP contribution in [0.5, 0.6) is 5.75 Å². The van der Waals surface area contributed by atoms with Crippen LogP contribution in [-0.2, 0) is 12.4 Å². The van der Waals surface area contributed by atoms with Crippen molar-refractivity contribution in [1.82, 2.24) is 0 Å². The van der Waals surface area contributed by atoms with Gasteiger partial charge in [-0.1, -0.05) is 60.3 Å². The topological polar surface area (TPSA) is 60.0 Å². The Labute approximate surface area is 176 Å². The maximum absolute atomic E-state index is 13.2. The summed E-state index contributed by atoms with van der Waals surface area (Å²) in [7, 11) is 0. The minimum atomic E-state index is -1.53. The van der Waals surface area contributed by atoms with E-state index in [4.69, 9.17) is 10.5 Å². The largest absolute Gasteiger partial charge is 0.489 e. The molecule has 0 atom stereocenters. The number of ether oxygens (including phenoxy) is 1. The van der Waals surface area contributed by atoms with Gasteiger partial charge < -0.3 is 10.5 Å². The van der Waals surface area contributed by atoms with Crippen LogP contribution in [0.4, 0.5) is 13.2 Å². The molecule has 0 bridgehead atoms. The number of rotatable bonds is 7. The third-order valence-electron chi connectivity index (χ3n) is 3.91. The van der Waals surface area contributed by atoms with Crippen molar-refractivity contribution in [2.24, 2.45) is 15.9 Å². The number of halogens is 3. The van der Waals surface area contributed by atoms with Crippen molar-refractivity contribution in [3.63, 3.8) is 0 Å². The highest BCUT2D eigenvalue weighted by Crippen LogP contribution is 2.20. The summed E-state index contributed by atoms with van der Waals surface area (Å²) >= 11 is 1.38. The first-order valence-electron chi connectivity index (χ1n) is 8.91. The average molecular weight is 429 g/mol. The van der Waals surface area contributed by atoms with E-state index in [0.717, 1.165) is 28.8 Å². The van der Waals surface area contributed by atoms with Gasteiger partial charge in [-0.2, -0.15) is 5.10 Å². The summed E-state index contributed by atoms with van der Waals surface area (Å²) in [6, 6.07) is 18.6. The Morgan fingerprint density at radius 1 is 0.933 bits per heavy atom. The van der Waals surface area contributed by atoms with Gasteiger partial charge in [0, 0.05) is 17.9 Å². The van der Waals surface area contributed by atoms with E-state index in [2.05, 4.69) is 10.2 Å². The van der Waals surface area contributed by atoms with Gasteiger partial charge in [0.15, 0.2) is 22.6 Å². The third kappa shape index (κ3) is 6.38. The van der Waals surface area contributed by atoms with Gasteiger partial charge in [-0.05, 0) is 22.8 Å². The standard InChI is InChI=1S/C22H18F3N3OS/c23-19-10-18(11-20(24)21(19)25)29-13-17-8-4-7-16(9-17)12-27-28-22(26)30-14-15-5-2-1-3-6-15/h1-12H,13-14H2,(H2,26,28). The number of hydrogen-bond donors (Lipinski definition) is 1. The molecule has 3 aromatic rings. The van der Waals surface area contributed by atoms with Gasteiger partial charge >= 0.3 is 0 Å². The second kappa shape index (κ2) is 10.5. The van der Waals surface area contributed by atoms with Crippen molar-refractivity contribution in [2.45, 2.75) is 12.4 Å². The SMILES string of the molecule is NC(=NN=Cc1cccc(COc2cc(F)c(F)c(F)c2)c1)SCc1ccccc1. The van der Waals surface area contributed by atoms with Crippen LogP contribution in [0.3, 0.4) is 0 Å². The van der Waals surface area contributed by atoms with Gasteiger partial charge in [-0.3, -0.25) is 0 Å². The molecule has 3 rings (SSSR count). The molecule has 0 saturated carbocycles. The maximum Gasteiger partial charge on any atom is 0.194 e. The molecule has 0 spiro atoms. The highest BCUT2D eigenvalue weighted by Gasteiger charge is 2.11. The Hall–Kier alpha value is -3.26. The predicted molar refractivity (Wildman–Crippen MR) is 114 cm³/mol. The van der Waals surface area contributed by atoms with Crippen molar-refractivity contribution in [3.8, 4) is 5.75 Å². The minimum absolute atomic E-state index is 0.0462. The molecule has 0 aliphatic heterocycles. The average Bonchev–Trinajstić information content (AvgIpc) is 2.75. The quantitative estimate of drug-likeness (QED) is 0.241. The number of nitrogens with zero attached hydrogens (tertiary/aromatic N) is 2. The van der Waals surface area contributed by atoms with Crippen LogP contribution in [0.15, 0.2) is 76.9 Å². The van der Waals surface area contributed by atoms with E-state index >= 15 is 0 Å². The van der Waals surface area contributed by atoms with E-state index in [1.165, 1.54) is 18.0 Å². The molecule has 0 aliphatic carbocycles. The molecule has 2 N–H and O–H groups in total. The van der Waals surface area contributed by atoms with Crippen LogP contribution >= 0.6 is 11.8 Å². The molecule has 8 heteroatoms. The van der Waals surface area contributed by atoms with E-state index in [-0.39, 0.29) is 12.4 Å². The summed E-state index contributed by atoms with van der Waals surface area (Å²) < 4.78 is 44.8. The zero-order chi connectivity index (χ0) is 21.3. The van der Waals surface area contributed by atoms with Crippen LogP contribution in [-0.4, -0.2) is 11.4 Å². The van der Waals surface area contributed by atoms with Crippen molar-refractivity contribution in [1.29, 1.82) is 0 Å². The van der Waals surface area contributed by atoms with Gasteiger partial charge in [0.2, 0.25) is 0 Å².